The molecule has 0 radical (unpaired) electrons. The number of hydrogen-bond acceptors (Lipinski definition) is 4. The van der Waals surface area contributed by atoms with E-state index in [4.69, 9.17) is 0 Å². The lowest BCUT2D eigenvalue weighted by Crippen LogP contribution is -2.31. The quantitative estimate of drug-likeness (QED) is 0.823. The van der Waals surface area contributed by atoms with E-state index < -0.39 is 17.1 Å². The van der Waals surface area contributed by atoms with Crippen molar-refractivity contribution in [3.05, 3.63) is 54.6 Å². The van der Waals surface area contributed by atoms with Crippen LogP contribution in [0.3, 0.4) is 0 Å². The van der Waals surface area contributed by atoms with Crippen molar-refractivity contribution in [3.63, 3.8) is 0 Å². The van der Waals surface area contributed by atoms with Crippen molar-refractivity contribution in [1.29, 1.82) is 0 Å². The van der Waals surface area contributed by atoms with Crippen LogP contribution < -0.4 is 11.2 Å². The van der Waals surface area contributed by atoms with Gasteiger partial charge in [0.25, 0.3) is 5.56 Å². The van der Waals surface area contributed by atoms with Crippen molar-refractivity contribution in [1.82, 2.24) is 9.55 Å². The van der Waals surface area contributed by atoms with Crippen molar-refractivity contribution >= 4 is 22.1 Å². The third-order valence-corrected chi connectivity index (χ3v) is 3.54. The van der Waals surface area contributed by atoms with Gasteiger partial charge in [-0.2, -0.15) is 0 Å². The molecule has 0 unspecified atom stereocenters. The van der Waals surface area contributed by atoms with Gasteiger partial charge < -0.3 is 5.11 Å². The van der Waals surface area contributed by atoms with Crippen molar-refractivity contribution in [2.75, 3.05) is 7.05 Å². The lowest BCUT2D eigenvalue weighted by molar-refractivity contribution is 0.429. The Balaban J connectivity index is 2.85. The number of hydrogen-bond donors (Lipinski definition) is 2. The van der Waals surface area contributed by atoms with Crippen LogP contribution in [0.25, 0.3) is 5.69 Å². The van der Waals surface area contributed by atoms with Crippen LogP contribution in [0, 0.1) is 0 Å². The van der Waals surface area contributed by atoms with Gasteiger partial charge in [-0.05, 0) is 30.2 Å². The van der Waals surface area contributed by atoms with E-state index in [1.54, 1.807) is 12.1 Å². The molecule has 0 saturated carbocycles. The number of aliphatic imine (C=N–C) groups is 1. The summed E-state index contributed by atoms with van der Waals surface area (Å²) in [5.41, 5.74) is -0.0437. The molecular formula is C14H14BrN3O3. The maximum Gasteiger partial charge on any atom is 0.335 e. The lowest BCUT2D eigenvalue weighted by atomic mass is 10.1. The van der Waals surface area contributed by atoms with Crippen LogP contribution in [-0.4, -0.2) is 27.9 Å². The van der Waals surface area contributed by atoms with Crippen LogP contribution in [0.2, 0.25) is 0 Å². The van der Waals surface area contributed by atoms with E-state index in [1.165, 1.54) is 13.3 Å². The fourth-order valence-corrected chi connectivity index (χ4v) is 2.47. The molecule has 0 fully saturated rings. The molecule has 0 bridgehead atoms. The Morgan fingerprint density at radius 3 is 2.76 bits per heavy atom. The normalized spacial score (nSPS) is 11.2. The molecule has 2 rings (SSSR count). The van der Waals surface area contributed by atoms with Crippen molar-refractivity contribution in [2.24, 2.45) is 4.99 Å². The first-order valence-electron chi connectivity index (χ1n) is 6.28. The number of aromatic hydroxyl groups is 1. The summed E-state index contributed by atoms with van der Waals surface area (Å²) in [6.07, 6.45) is 1.88. The number of halogens is 1. The van der Waals surface area contributed by atoms with Crippen LogP contribution in [0.5, 0.6) is 5.88 Å². The Kier molecular flexibility index (Phi) is 4.42. The molecule has 6 nitrogen and oxygen atoms in total. The highest BCUT2D eigenvalue weighted by molar-refractivity contribution is 9.10. The molecule has 0 atom stereocenters. The summed E-state index contributed by atoms with van der Waals surface area (Å²) in [6, 6.07) is 5.33. The fourth-order valence-electron chi connectivity index (χ4n) is 2.06. The molecule has 110 valence electrons. The average Bonchev–Trinajstić information content (AvgIpc) is 2.44. The minimum absolute atomic E-state index is 0.0536. The van der Waals surface area contributed by atoms with Crippen LogP contribution in [0.1, 0.15) is 18.1 Å². The summed E-state index contributed by atoms with van der Waals surface area (Å²) in [5, 5.41) is 10.3. The van der Waals surface area contributed by atoms with E-state index in [2.05, 4.69) is 25.9 Å². The molecule has 0 spiro atoms. The van der Waals surface area contributed by atoms with Gasteiger partial charge in [-0.3, -0.25) is 14.8 Å². The predicted molar refractivity (Wildman–Crippen MR) is 84.9 cm³/mol. The van der Waals surface area contributed by atoms with E-state index in [9.17, 15) is 14.7 Å². The Labute approximate surface area is 128 Å². The molecule has 7 heteroatoms. The van der Waals surface area contributed by atoms with E-state index in [1.807, 2.05) is 13.0 Å². The summed E-state index contributed by atoms with van der Waals surface area (Å²) in [5.74, 6) is -0.425. The van der Waals surface area contributed by atoms with Crippen molar-refractivity contribution in [3.8, 4) is 11.6 Å². The van der Waals surface area contributed by atoms with Gasteiger partial charge in [-0.25, -0.2) is 9.36 Å². The SMILES string of the molecule is CCc1cc(Br)ccc1-n1c(O)c(C=NC)c(=O)[nH]c1=O. The number of aromatic amines is 1. The zero-order valence-electron chi connectivity index (χ0n) is 11.6. The number of aromatic nitrogens is 2. The summed E-state index contributed by atoms with van der Waals surface area (Å²) in [4.78, 5) is 29.7. The molecule has 1 aromatic carbocycles. The number of H-pyrrole nitrogens is 1. The Morgan fingerprint density at radius 2 is 2.14 bits per heavy atom. The van der Waals surface area contributed by atoms with E-state index >= 15 is 0 Å². The second kappa shape index (κ2) is 6.09. The standard InChI is InChI=1S/C14H14BrN3O3/c1-3-8-6-9(15)4-5-11(8)18-13(20)10(7-16-2)12(19)17-14(18)21/h4-7,20H,3H2,1-2H3,(H,17,19,21). The van der Waals surface area contributed by atoms with Gasteiger partial charge in [0, 0.05) is 17.7 Å². The van der Waals surface area contributed by atoms with Crippen LogP contribution in [0.4, 0.5) is 0 Å². The largest absolute Gasteiger partial charge is 0.493 e. The van der Waals surface area contributed by atoms with Gasteiger partial charge in [0.05, 0.1) is 5.69 Å². The first kappa shape index (κ1) is 15.2. The highest BCUT2D eigenvalue weighted by Gasteiger charge is 2.16. The van der Waals surface area contributed by atoms with E-state index in [0.717, 1.165) is 14.6 Å². The molecule has 2 aromatic rings. The molecule has 21 heavy (non-hydrogen) atoms. The van der Waals surface area contributed by atoms with Gasteiger partial charge in [0.2, 0.25) is 5.88 Å². The molecule has 2 N–H and O–H groups in total. The molecule has 0 amide bonds. The lowest BCUT2D eigenvalue weighted by Gasteiger charge is -2.13. The number of nitrogens with zero attached hydrogens (tertiary/aromatic N) is 2. The topological polar surface area (TPSA) is 87.4 Å². The van der Waals surface area contributed by atoms with Gasteiger partial charge in [0.15, 0.2) is 0 Å². The first-order valence-corrected chi connectivity index (χ1v) is 7.08. The Morgan fingerprint density at radius 1 is 1.43 bits per heavy atom. The first-order chi connectivity index (χ1) is 9.99. The molecular weight excluding hydrogens is 338 g/mol. The smallest absolute Gasteiger partial charge is 0.335 e. The molecule has 1 aromatic heterocycles. The van der Waals surface area contributed by atoms with E-state index in [-0.39, 0.29) is 5.56 Å². The molecule has 0 saturated heterocycles. The fraction of sp³-hybridized carbons (Fsp3) is 0.214. The second-order valence-electron chi connectivity index (χ2n) is 4.35. The number of nitrogens with one attached hydrogen (secondary N) is 1. The number of rotatable bonds is 3. The molecule has 0 aliphatic rings. The van der Waals surface area contributed by atoms with Gasteiger partial charge in [-0.1, -0.05) is 22.9 Å². The Bertz CT molecular complexity index is 821. The summed E-state index contributed by atoms with van der Waals surface area (Å²) in [6.45, 7) is 1.94. The minimum atomic E-state index is -0.692. The zero-order valence-corrected chi connectivity index (χ0v) is 13.1. The molecule has 0 aliphatic heterocycles. The van der Waals surface area contributed by atoms with Gasteiger partial charge in [0.1, 0.15) is 5.56 Å². The van der Waals surface area contributed by atoms with Gasteiger partial charge in [-0.15, -0.1) is 0 Å². The highest BCUT2D eigenvalue weighted by Crippen LogP contribution is 2.23. The minimum Gasteiger partial charge on any atom is -0.493 e. The molecule has 0 aliphatic carbocycles. The summed E-state index contributed by atoms with van der Waals surface area (Å²) in [7, 11) is 1.48. The highest BCUT2D eigenvalue weighted by atomic mass is 79.9. The zero-order chi connectivity index (χ0) is 15.6. The average molecular weight is 352 g/mol. The second-order valence-corrected chi connectivity index (χ2v) is 5.26. The van der Waals surface area contributed by atoms with Crippen LogP contribution in [0.15, 0.2) is 37.3 Å². The third-order valence-electron chi connectivity index (χ3n) is 3.04. The predicted octanol–water partition coefficient (Wildman–Crippen LogP) is 1.60. The Hall–Kier alpha value is -2.15. The molecule has 1 heterocycles. The number of benzene rings is 1. The van der Waals surface area contributed by atoms with E-state index in [0.29, 0.717) is 12.1 Å². The van der Waals surface area contributed by atoms with Gasteiger partial charge >= 0.3 is 5.69 Å². The summed E-state index contributed by atoms with van der Waals surface area (Å²) < 4.78 is 1.94. The van der Waals surface area contributed by atoms with Crippen molar-refractivity contribution in [2.45, 2.75) is 13.3 Å². The maximum atomic E-state index is 12.1. The third kappa shape index (κ3) is 2.82. The van der Waals surface area contributed by atoms with Crippen LogP contribution >= 0.6 is 15.9 Å². The van der Waals surface area contributed by atoms with Crippen LogP contribution in [-0.2, 0) is 6.42 Å². The maximum absolute atomic E-state index is 12.1. The monoisotopic (exact) mass is 351 g/mol. The summed E-state index contributed by atoms with van der Waals surface area (Å²) >= 11 is 3.37. The van der Waals surface area contributed by atoms with Crippen molar-refractivity contribution < 1.29 is 5.11 Å². The number of aryl methyl sites for hydroxylation is 1.